The van der Waals surface area contributed by atoms with Gasteiger partial charge in [0.25, 0.3) is 0 Å². The Kier molecular flexibility index (Phi) is 9.85. The van der Waals surface area contributed by atoms with Gasteiger partial charge in [0, 0.05) is 25.7 Å². The maximum absolute atomic E-state index is 3.61. The molecular formula is C21H36ClN3. The number of nitrogens with one attached hydrogen (secondary N) is 1. The van der Waals surface area contributed by atoms with E-state index >= 15 is 0 Å². The number of rotatable bonds is 8. The molecule has 0 amide bonds. The van der Waals surface area contributed by atoms with Crippen LogP contribution in [0.1, 0.15) is 44.1 Å². The number of hydrogen-bond acceptors (Lipinski definition) is 3. The zero-order valence-electron chi connectivity index (χ0n) is 15.7. The van der Waals surface area contributed by atoms with Crippen molar-refractivity contribution in [3.8, 4) is 0 Å². The first-order valence-corrected chi connectivity index (χ1v) is 10.1. The van der Waals surface area contributed by atoms with Crippen LogP contribution in [0.2, 0.25) is 0 Å². The maximum atomic E-state index is 3.61. The summed E-state index contributed by atoms with van der Waals surface area (Å²) in [4.78, 5) is 5.47. The van der Waals surface area contributed by atoms with Crippen LogP contribution in [0.15, 0.2) is 30.3 Å². The largest absolute Gasteiger partial charge is 0.315 e. The second-order valence-corrected chi connectivity index (χ2v) is 7.53. The van der Waals surface area contributed by atoms with Crippen LogP contribution in [0.25, 0.3) is 0 Å². The van der Waals surface area contributed by atoms with Gasteiger partial charge >= 0.3 is 0 Å². The zero-order valence-corrected chi connectivity index (χ0v) is 16.5. The number of likely N-dealkylation sites (tertiary alicyclic amines) is 1. The predicted octanol–water partition coefficient (Wildman–Crippen LogP) is 3.58. The lowest BCUT2D eigenvalue weighted by Crippen LogP contribution is -2.49. The van der Waals surface area contributed by atoms with Crippen molar-refractivity contribution in [2.24, 2.45) is 0 Å². The van der Waals surface area contributed by atoms with Gasteiger partial charge in [0.15, 0.2) is 0 Å². The van der Waals surface area contributed by atoms with Crippen LogP contribution in [0.3, 0.4) is 0 Å². The highest BCUT2D eigenvalue weighted by atomic mass is 35.5. The SMILES string of the molecule is Cl.c1ccc(CCCN(CCN2CCCCC2)C2CCCNC2)cc1. The minimum absolute atomic E-state index is 0. The standard InChI is InChI=1S/C21H35N3.ClH/c1-3-9-20(10-4-1)11-8-16-24(21-12-7-13-22-19-21)18-17-23-14-5-2-6-15-23;/h1,3-4,9-10,21-22H,2,5-8,11-19H2;1H. The first-order chi connectivity index (χ1) is 11.9. The van der Waals surface area contributed by atoms with E-state index < -0.39 is 0 Å². The molecular weight excluding hydrogens is 330 g/mol. The van der Waals surface area contributed by atoms with E-state index in [1.807, 2.05) is 0 Å². The summed E-state index contributed by atoms with van der Waals surface area (Å²) in [5.41, 5.74) is 1.48. The van der Waals surface area contributed by atoms with Crippen molar-refractivity contribution in [1.82, 2.24) is 15.1 Å². The lowest BCUT2D eigenvalue weighted by molar-refractivity contribution is 0.130. The minimum Gasteiger partial charge on any atom is -0.315 e. The van der Waals surface area contributed by atoms with E-state index in [9.17, 15) is 0 Å². The van der Waals surface area contributed by atoms with E-state index in [1.165, 1.54) is 96.3 Å². The van der Waals surface area contributed by atoms with E-state index in [2.05, 4.69) is 45.4 Å². The first-order valence-electron chi connectivity index (χ1n) is 10.1. The number of benzene rings is 1. The fourth-order valence-electron chi connectivity index (χ4n) is 4.21. The summed E-state index contributed by atoms with van der Waals surface area (Å²) in [6, 6.07) is 11.7. The van der Waals surface area contributed by atoms with Crippen molar-refractivity contribution in [2.75, 3.05) is 45.8 Å². The molecule has 1 atom stereocenters. The molecule has 142 valence electrons. The molecule has 4 heteroatoms. The molecule has 0 radical (unpaired) electrons. The second kappa shape index (κ2) is 11.9. The Bertz CT molecular complexity index is 442. The van der Waals surface area contributed by atoms with Gasteiger partial charge in [-0.1, -0.05) is 36.8 Å². The maximum Gasteiger partial charge on any atom is 0.0221 e. The van der Waals surface area contributed by atoms with Gasteiger partial charge in [-0.2, -0.15) is 0 Å². The number of aryl methyl sites for hydroxylation is 1. The molecule has 1 aromatic rings. The summed E-state index contributed by atoms with van der Waals surface area (Å²) < 4.78 is 0. The van der Waals surface area contributed by atoms with Crippen molar-refractivity contribution < 1.29 is 0 Å². The highest BCUT2D eigenvalue weighted by Gasteiger charge is 2.21. The van der Waals surface area contributed by atoms with E-state index in [0.29, 0.717) is 0 Å². The Labute approximate surface area is 160 Å². The van der Waals surface area contributed by atoms with Gasteiger partial charge in [-0.25, -0.2) is 0 Å². The van der Waals surface area contributed by atoms with Crippen molar-refractivity contribution >= 4 is 12.4 Å². The molecule has 0 saturated carbocycles. The Morgan fingerprint density at radius 2 is 1.80 bits per heavy atom. The highest BCUT2D eigenvalue weighted by molar-refractivity contribution is 5.85. The van der Waals surface area contributed by atoms with E-state index in [0.717, 1.165) is 6.04 Å². The average molecular weight is 366 g/mol. The highest BCUT2D eigenvalue weighted by Crippen LogP contribution is 2.14. The third-order valence-electron chi connectivity index (χ3n) is 5.69. The topological polar surface area (TPSA) is 18.5 Å². The molecule has 2 fully saturated rings. The van der Waals surface area contributed by atoms with Gasteiger partial charge in [0.2, 0.25) is 0 Å². The lowest BCUT2D eigenvalue weighted by Gasteiger charge is -2.37. The number of halogens is 1. The van der Waals surface area contributed by atoms with E-state index in [4.69, 9.17) is 0 Å². The predicted molar refractivity (Wildman–Crippen MR) is 110 cm³/mol. The summed E-state index contributed by atoms with van der Waals surface area (Å²) in [6.07, 6.45) is 9.44. The van der Waals surface area contributed by atoms with Gasteiger partial charge in [0.05, 0.1) is 0 Å². The molecule has 2 aliphatic heterocycles. The van der Waals surface area contributed by atoms with Gasteiger partial charge in [0.1, 0.15) is 0 Å². The smallest absolute Gasteiger partial charge is 0.0221 e. The molecule has 0 spiro atoms. The normalized spacial score (nSPS) is 21.9. The molecule has 1 aromatic carbocycles. The number of nitrogens with zero attached hydrogens (tertiary/aromatic N) is 2. The Balaban J connectivity index is 0.00000225. The molecule has 0 aliphatic carbocycles. The van der Waals surface area contributed by atoms with Gasteiger partial charge in [-0.3, -0.25) is 4.90 Å². The Morgan fingerprint density at radius 1 is 1.00 bits per heavy atom. The van der Waals surface area contributed by atoms with Crippen LogP contribution >= 0.6 is 12.4 Å². The molecule has 1 N–H and O–H groups in total. The Hall–Kier alpha value is -0.610. The van der Waals surface area contributed by atoms with E-state index in [1.54, 1.807) is 0 Å². The average Bonchev–Trinajstić information content (AvgIpc) is 2.67. The molecule has 3 rings (SSSR count). The van der Waals surface area contributed by atoms with E-state index in [-0.39, 0.29) is 12.4 Å². The molecule has 3 nitrogen and oxygen atoms in total. The minimum atomic E-state index is 0. The quantitative estimate of drug-likeness (QED) is 0.759. The molecule has 1 unspecified atom stereocenters. The van der Waals surface area contributed by atoms with Crippen LogP contribution in [0.5, 0.6) is 0 Å². The Morgan fingerprint density at radius 3 is 2.52 bits per heavy atom. The van der Waals surface area contributed by atoms with Crippen molar-refractivity contribution in [2.45, 2.75) is 51.0 Å². The number of piperidine rings is 2. The molecule has 25 heavy (non-hydrogen) atoms. The van der Waals surface area contributed by atoms with Crippen LogP contribution in [0.4, 0.5) is 0 Å². The van der Waals surface area contributed by atoms with Crippen molar-refractivity contribution in [1.29, 1.82) is 0 Å². The fraction of sp³-hybridized carbons (Fsp3) is 0.714. The zero-order chi connectivity index (χ0) is 16.5. The van der Waals surface area contributed by atoms with Crippen LogP contribution in [-0.4, -0.2) is 61.7 Å². The summed E-state index contributed by atoms with van der Waals surface area (Å²) in [5, 5.41) is 3.61. The molecule has 2 heterocycles. The molecule has 2 aliphatic rings. The summed E-state index contributed by atoms with van der Waals surface area (Å²) >= 11 is 0. The summed E-state index contributed by atoms with van der Waals surface area (Å²) in [7, 11) is 0. The monoisotopic (exact) mass is 365 g/mol. The van der Waals surface area contributed by atoms with Gasteiger partial charge < -0.3 is 10.2 Å². The number of hydrogen-bond donors (Lipinski definition) is 1. The van der Waals surface area contributed by atoms with Crippen molar-refractivity contribution in [3.05, 3.63) is 35.9 Å². The third kappa shape index (κ3) is 7.26. The van der Waals surface area contributed by atoms with Gasteiger partial charge in [-0.15, -0.1) is 12.4 Å². The fourth-order valence-corrected chi connectivity index (χ4v) is 4.21. The molecule has 2 saturated heterocycles. The first kappa shape index (κ1) is 20.7. The lowest BCUT2D eigenvalue weighted by atomic mass is 10.0. The third-order valence-corrected chi connectivity index (χ3v) is 5.69. The van der Waals surface area contributed by atoms with Gasteiger partial charge in [-0.05, 0) is 70.3 Å². The van der Waals surface area contributed by atoms with Crippen molar-refractivity contribution in [3.63, 3.8) is 0 Å². The van der Waals surface area contributed by atoms with Crippen LogP contribution in [0, 0.1) is 0 Å². The van der Waals surface area contributed by atoms with Crippen LogP contribution in [-0.2, 0) is 6.42 Å². The summed E-state index contributed by atoms with van der Waals surface area (Å²) in [5.74, 6) is 0. The summed E-state index contributed by atoms with van der Waals surface area (Å²) in [6.45, 7) is 8.80. The van der Waals surface area contributed by atoms with Crippen LogP contribution < -0.4 is 5.32 Å². The molecule has 0 bridgehead atoms. The molecule has 0 aromatic heterocycles. The second-order valence-electron chi connectivity index (χ2n) is 7.53.